The molecule has 17 heavy (non-hydrogen) atoms. The van der Waals surface area contributed by atoms with Gasteiger partial charge in [-0.05, 0) is 57.5 Å². The summed E-state index contributed by atoms with van der Waals surface area (Å²) >= 11 is 0. The lowest BCUT2D eigenvalue weighted by Gasteiger charge is -2.21. The molecule has 1 aromatic carbocycles. The van der Waals surface area contributed by atoms with Crippen LogP contribution in [0, 0.1) is 6.07 Å². The summed E-state index contributed by atoms with van der Waals surface area (Å²) in [6, 6.07) is 9.07. The minimum Gasteiger partial charge on any atom is -0.324 e. The lowest BCUT2D eigenvalue weighted by Crippen LogP contribution is -2.35. The van der Waals surface area contributed by atoms with E-state index >= 15 is 0 Å². The van der Waals surface area contributed by atoms with Crippen molar-refractivity contribution in [3.05, 3.63) is 41.5 Å². The second kappa shape index (κ2) is 5.99. The first-order valence-electron chi connectivity index (χ1n) is 6.07. The molecule has 3 N–H and O–H groups in total. The number of hydrogen-bond donors (Lipinski definition) is 2. The zero-order valence-corrected chi connectivity index (χ0v) is 11.2. The van der Waals surface area contributed by atoms with Crippen LogP contribution in [-0.2, 0) is 0 Å². The molecule has 0 heterocycles. The zero-order valence-electron chi connectivity index (χ0n) is 11.2. The van der Waals surface area contributed by atoms with Crippen molar-refractivity contribution in [1.82, 2.24) is 5.32 Å². The molecule has 0 saturated carbocycles. The molecule has 0 aromatic heterocycles. The van der Waals surface area contributed by atoms with Gasteiger partial charge >= 0.3 is 0 Å². The molecule has 0 saturated heterocycles. The van der Waals surface area contributed by atoms with Gasteiger partial charge in [-0.25, -0.2) is 0 Å². The van der Waals surface area contributed by atoms with Crippen LogP contribution in [0.25, 0.3) is 6.08 Å². The normalized spacial score (nSPS) is 14.2. The highest BCUT2D eigenvalue weighted by molar-refractivity contribution is 5.54. The Labute approximate surface area is 105 Å². The summed E-state index contributed by atoms with van der Waals surface area (Å²) in [7, 11) is 1.98. The topological polar surface area (TPSA) is 38.0 Å². The van der Waals surface area contributed by atoms with Crippen LogP contribution in [0.1, 0.15) is 44.4 Å². The Bertz CT molecular complexity index is 378. The lowest BCUT2D eigenvalue weighted by atomic mass is 9.98. The van der Waals surface area contributed by atoms with Gasteiger partial charge < -0.3 is 11.1 Å². The first-order chi connectivity index (χ1) is 7.96. The van der Waals surface area contributed by atoms with Crippen LogP contribution < -0.4 is 11.1 Å². The highest BCUT2D eigenvalue weighted by atomic mass is 14.9. The molecule has 0 aliphatic heterocycles. The third kappa shape index (κ3) is 4.33. The van der Waals surface area contributed by atoms with Gasteiger partial charge in [-0.2, -0.15) is 0 Å². The maximum absolute atomic E-state index is 5.93. The van der Waals surface area contributed by atoms with Crippen molar-refractivity contribution in [2.45, 2.75) is 38.8 Å². The maximum Gasteiger partial charge on any atom is 0.0272 e. The van der Waals surface area contributed by atoms with Crippen LogP contribution in [-0.4, -0.2) is 12.6 Å². The van der Waals surface area contributed by atoms with Gasteiger partial charge in [0, 0.05) is 11.6 Å². The van der Waals surface area contributed by atoms with Gasteiger partial charge in [0.05, 0.1) is 0 Å². The van der Waals surface area contributed by atoms with Gasteiger partial charge in [0.15, 0.2) is 0 Å². The molecule has 2 heteroatoms. The molecule has 1 rings (SSSR count). The van der Waals surface area contributed by atoms with Crippen molar-refractivity contribution in [1.29, 1.82) is 0 Å². The van der Waals surface area contributed by atoms with E-state index in [1.54, 1.807) is 0 Å². The Hall–Kier alpha value is -1.12. The van der Waals surface area contributed by atoms with E-state index in [0.717, 1.165) is 12.0 Å². The maximum atomic E-state index is 5.93. The average molecular weight is 231 g/mol. The van der Waals surface area contributed by atoms with Crippen molar-refractivity contribution in [3.8, 4) is 0 Å². The van der Waals surface area contributed by atoms with Crippen molar-refractivity contribution in [3.63, 3.8) is 0 Å². The number of nitrogens with two attached hydrogens (primary N) is 1. The molecule has 0 aliphatic carbocycles. The Balaban J connectivity index is 2.78. The molecule has 1 atom stereocenters. The van der Waals surface area contributed by atoms with Gasteiger partial charge in [-0.15, -0.1) is 0 Å². The fourth-order valence-electron chi connectivity index (χ4n) is 1.58. The number of benzene rings is 1. The van der Waals surface area contributed by atoms with Crippen molar-refractivity contribution in [2.75, 3.05) is 7.05 Å². The second-order valence-corrected chi connectivity index (χ2v) is 5.08. The predicted molar refractivity (Wildman–Crippen MR) is 74.7 cm³/mol. The first-order valence-corrected chi connectivity index (χ1v) is 6.07. The molecule has 0 amide bonds. The SMILES string of the molecule is CNC(C)(C)C/C=C/c1cc[c]cc1C(C)N. The van der Waals surface area contributed by atoms with E-state index < -0.39 is 0 Å². The van der Waals surface area contributed by atoms with E-state index in [2.05, 4.69) is 43.4 Å². The largest absolute Gasteiger partial charge is 0.324 e. The summed E-state index contributed by atoms with van der Waals surface area (Å²) in [5.41, 5.74) is 8.39. The predicted octanol–water partition coefficient (Wildman–Crippen LogP) is 2.91. The molecular formula is C15H23N2. The van der Waals surface area contributed by atoms with Gasteiger partial charge in [0.1, 0.15) is 0 Å². The monoisotopic (exact) mass is 231 g/mol. The summed E-state index contributed by atoms with van der Waals surface area (Å²) in [6.07, 6.45) is 5.32. The van der Waals surface area contributed by atoms with E-state index in [1.165, 1.54) is 5.56 Å². The fraction of sp³-hybridized carbons (Fsp3) is 0.467. The highest BCUT2D eigenvalue weighted by Gasteiger charge is 2.11. The minimum absolute atomic E-state index is 0.0458. The van der Waals surface area contributed by atoms with E-state index in [9.17, 15) is 0 Å². The van der Waals surface area contributed by atoms with Crippen LogP contribution in [0.15, 0.2) is 24.3 Å². The van der Waals surface area contributed by atoms with Gasteiger partial charge in [-0.1, -0.05) is 24.3 Å². The van der Waals surface area contributed by atoms with Gasteiger partial charge in [-0.3, -0.25) is 0 Å². The van der Waals surface area contributed by atoms with Crippen LogP contribution in [0.4, 0.5) is 0 Å². The van der Waals surface area contributed by atoms with E-state index in [4.69, 9.17) is 5.73 Å². The second-order valence-electron chi connectivity index (χ2n) is 5.08. The zero-order chi connectivity index (χ0) is 12.9. The summed E-state index contributed by atoms with van der Waals surface area (Å²) in [6.45, 7) is 6.36. The average Bonchev–Trinajstić information content (AvgIpc) is 2.29. The summed E-state index contributed by atoms with van der Waals surface area (Å²) in [5.74, 6) is 0. The molecule has 0 bridgehead atoms. The van der Waals surface area contributed by atoms with Gasteiger partial charge in [0.2, 0.25) is 0 Å². The third-order valence-corrected chi connectivity index (χ3v) is 3.02. The summed E-state index contributed by atoms with van der Waals surface area (Å²) < 4.78 is 0. The summed E-state index contributed by atoms with van der Waals surface area (Å²) in [5, 5.41) is 3.28. The lowest BCUT2D eigenvalue weighted by molar-refractivity contribution is 0.430. The standard InChI is InChI=1S/C15H23N2/c1-12(16)14-10-6-5-8-13(14)9-7-11-15(2,3)17-4/h5,7-10,12,17H,11,16H2,1-4H3/b9-7+. The molecule has 0 fully saturated rings. The Morgan fingerprint density at radius 2 is 2.24 bits per heavy atom. The molecule has 1 aromatic rings. The van der Waals surface area contributed by atoms with E-state index in [-0.39, 0.29) is 11.6 Å². The molecule has 0 aliphatic rings. The quantitative estimate of drug-likeness (QED) is 0.817. The smallest absolute Gasteiger partial charge is 0.0272 e. The van der Waals surface area contributed by atoms with Crippen molar-refractivity contribution < 1.29 is 0 Å². The van der Waals surface area contributed by atoms with E-state index in [1.807, 2.05) is 26.1 Å². The van der Waals surface area contributed by atoms with E-state index in [0.29, 0.717) is 0 Å². The fourth-order valence-corrected chi connectivity index (χ4v) is 1.58. The number of nitrogens with one attached hydrogen (secondary N) is 1. The first kappa shape index (κ1) is 13.9. The molecule has 0 spiro atoms. The Morgan fingerprint density at radius 1 is 1.53 bits per heavy atom. The van der Waals surface area contributed by atoms with Crippen LogP contribution in [0.2, 0.25) is 0 Å². The van der Waals surface area contributed by atoms with Crippen LogP contribution in [0.5, 0.6) is 0 Å². The Kier molecular flexibility index (Phi) is 4.91. The van der Waals surface area contributed by atoms with Crippen LogP contribution >= 0.6 is 0 Å². The number of rotatable bonds is 5. The third-order valence-electron chi connectivity index (χ3n) is 3.02. The van der Waals surface area contributed by atoms with Gasteiger partial charge in [0.25, 0.3) is 0 Å². The van der Waals surface area contributed by atoms with Crippen molar-refractivity contribution in [2.24, 2.45) is 5.73 Å². The molecule has 1 radical (unpaired) electrons. The molecular weight excluding hydrogens is 208 g/mol. The van der Waals surface area contributed by atoms with Crippen LogP contribution in [0.3, 0.4) is 0 Å². The Morgan fingerprint density at radius 3 is 2.82 bits per heavy atom. The van der Waals surface area contributed by atoms with Crippen molar-refractivity contribution >= 4 is 6.08 Å². The summed E-state index contributed by atoms with van der Waals surface area (Å²) in [4.78, 5) is 0. The minimum atomic E-state index is 0.0458. The molecule has 2 nitrogen and oxygen atoms in total. The highest BCUT2D eigenvalue weighted by Crippen LogP contribution is 2.18. The number of hydrogen-bond acceptors (Lipinski definition) is 2. The molecule has 93 valence electrons. The molecule has 1 unspecified atom stereocenters.